The second-order valence-corrected chi connectivity index (χ2v) is 9.04. The Morgan fingerprint density at radius 1 is 0.774 bits per heavy atom. The molecule has 0 aliphatic carbocycles. The van der Waals surface area contributed by atoms with Crippen LogP contribution in [0.5, 0.6) is 17.2 Å². The zero-order valence-corrected chi connectivity index (χ0v) is 20.2. The van der Waals surface area contributed by atoms with Gasteiger partial charge in [0.2, 0.25) is 0 Å². The fraction of sp³-hybridized carbons (Fsp3) is 0.692. The molecule has 0 bridgehead atoms. The monoisotopic (exact) mass is 434 g/mol. The van der Waals surface area contributed by atoms with E-state index in [-0.39, 0.29) is 23.4 Å². The van der Waals surface area contributed by atoms with E-state index in [9.17, 15) is 9.59 Å². The number of hydrogen-bond acceptors (Lipinski definition) is 5. The van der Waals surface area contributed by atoms with Gasteiger partial charge in [0.05, 0.1) is 6.61 Å². The molecule has 0 spiro atoms. The Morgan fingerprint density at radius 2 is 1.32 bits per heavy atom. The van der Waals surface area contributed by atoms with Gasteiger partial charge < -0.3 is 14.2 Å². The number of benzene rings is 1. The third-order valence-corrected chi connectivity index (χ3v) is 4.98. The van der Waals surface area contributed by atoms with Crippen molar-refractivity contribution >= 4 is 11.9 Å². The van der Waals surface area contributed by atoms with Crippen LogP contribution in [0.15, 0.2) is 18.2 Å². The molecular formula is C26H42O5. The molecule has 0 aliphatic rings. The SMILES string of the molecule is CCCCCCCCOc1ccc(OC(=O)CCC(C)C)c(OC(=O)CCC(C)C)c1. The Labute approximate surface area is 188 Å². The minimum atomic E-state index is -0.332. The maximum Gasteiger partial charge on any atom is 0.311 e. The summed E-state index contributed by atoms with van der Waals surface area (Å²) in [6.07, 6.45) is 9.29. The van der Waals surface area contributed by atoms with Crippen LogP contribution >= 0.6 is 0 Å². The lowest BCUT2D eigenvalue weighted by atomic mass is 10.1. The molecule has 0 N–H and O–H groups in total. The van der Waals surface area contributed by atoms with E-state index in [2.05, 4.69) is 34.6 Å². The van der Waals surface area contributed by atoms with Gasteiger partial charge in [-0.05, 0) is 43.2 Å². The van der Waals surface area contributed by atoms with E-state index in [0.717, 1.165) is 25.7 Å². The van der Waals surface area contributed by atoms with Crippen molar-refractivity contribution in [3.8, 4) is 17.2 Å². The van der Waals surface area contributed by atoms with Gasteiger partial charge in [0.1, 0.15) is 5.75 Å². The lowest BCUT2D eigenvalue weighted by Crippen LogP contribution is -2.13. The first-order chi connectivity index (χ1) is 14.8. The summed E-state index contributed by atoms with van der Waals surface area (Å²) in [4.78, 5) is 24.4. The van der Waals surface area contributed by atoms with Crippen molar-refractivity contribution in [2.24, 2.45) is 11.8 Å². The number of hydrogen-bond donors (Lipinski definition) is 0. The summed E-state index contributed by atoms with van der Waals surface area (Å²) >= 11 is 0. The third kappa shape index (κ3) is 13.1. The number of carbonyl (C=O) groups excluding carboxylic acids is 2. The molecule has 31 heavy (non-hydrogen) atoms. The molecule has 0 atom stereocenters. The number of ether oxygens (including phenoxy) is 3. The molecule has 176 valence electrons. The van der Waals surface area contributed by atoms with Crippen molar-refractivity contribution in [1.29, 1.82) is 0 Å². The predicted molar refractivity (Wildman–Crippen MR) is 125 cm³/mol. The topological polar surface area (TPSA) is 61.8 Å². The van der Waals surface area contributed by atoms with Gasteiger partial charge in [0.15, 0.2) is 11.5 Å². The van der Waals surface area contributed by atoms with E-state index >= 15 is 0 Å². The van der Waals surface area contributed by atoms with Gasteiger partial charge in [0.25, 0.3) is 0 Å². The van der Waals surface area contributed by atoms with Gasteiger partial charge >= 0.3 is 11.9 Å². The molecule has 5 heteroatoms. The molecule has 0 amide bonds. The van der Waals surface area contributed by atoms with Crippen molar-refractivity contribution < 1.29 is 23.8 Å². The second kappa shape index (κ2) is 15.7. The predicted octanol–water partition coefficient (Wildman–Crippen LogP) is 7.11. The molecule has 0 aliphatic heterocycles. The molecule has 0 radical (unpaired) electrons. The summed E-state index contributed by atoms with van der Waals surface area (Å²) in [6, 6.07) is 5.05. The van der Waals surface area contributed by atoms with Gasteiger partial charge in [-0.3, -0.25) is 9.59 Å². The summed E-state index contributed by atoms with van der Waals surface area (Å²) in [6.45, 7) is 11.1. The Morgan fingerprint density at radius 3 is 1.90 bits per heavy atom. The van der Waals surface area contributed by atoms with Gasteiger partial charge in [-0.15, -0.1) is 0 Å². The van der Waals surface area contributed by atoms with Crippen LogP contribution < -0.4 is 14.2 Å². The van der Waals surface area contributed by atoms with Crippen LogP contribution in [-0.4, -0.2) is 18.5 Å². The maximum absolute atomic E-state index is 12.3. The zero-order chi connectivity index (χ0) is 23.1. The van der Waals surface area contributed by atoms with Gasteiger partial charge in [-0.1, -0.05) is 66.7 Å². The van der Waals surface area contributed by atoms with Crippen LogP contribution in [0.1, 0.15) is 98.8 Å². The normalized spacial score (nSPS) is 11.1. The summed E-state index contributed by atoms with van der Waals surface area (Å²) in [5, 5.41) is 0. The van der Waals surface area contributed by atoms with Crippen LogP contribution in [-0.2, 0) is 9.59 Å². The summed E-state index contributed by atoms with van der Waals surface area (Å²) in [5.41, 5.74) is 0. The molecule has 1 aromatic carbocycles. The fourth-order valence-electron chi connectivity index (χ4n) is 2.98. The summed E-state index contributed by atoms with van der Waals surface area (Å²) in [7, 11) is 0. The molecule has 0 fully saturated rings. The van der Waals surface area contributed by atoms with Crippen molar-refractivity contribution in [2.45, 2.75) is 98.8 Å². The fourth-order valence-corrected chi connectivity index (χ4v) is 2.98. The molecule has 5 nitrogen and oxygen atoms in total. The first-order valence-corrected chi connectivity index (χ1v) is 12.0. The Bertz CT molecular complexity index is 651. The molecule has 0 unspecified atom stereocenters. The van der Waals surface area contributed by atoms with Crippen LogP contribution in [0.4, 0.5) is 0 Å². The zero-order valence-electron chi connectivity index (χ0n) is 20.2. The smallest absolute Gasteiger partial charge is 0.311 e. The standard InChI is InChI=1S/C26H42O5/c1-6-7-8-9-10-11-18-29-22-14-15-23(30-25(27)16-12-20(2)3)24(19-22)31-26(28)17-13-21(4)5/h14-15,19-21H,6-13,16-18H2,1-5H3. The van der Waals surface area contributed by atoms with Crippen molar-refractivity contribution in [3.63, 3.8) is 0 Å². The third-order valence-electron chi connectivity index (χ3n) is 4.98. The lowest BCUT2D eigenvalue weighted by molar-refractivity contribution is -0.137. The van der Waals surface area contributed by atoms with Crippen LogP contribution in [0.25, 0.3) is 0 Å². The van der Waals surface area contributed by atoms with E-state index in [1.165, 1.54) is 25.7 Å². The minimum absolute atomic E-state index is 0.243. The average molecular weight is 435 g/mol. The van der Waals surface area contributed by atoms with E-state index in [0.29, 0.717) is 37.0 Å². The van der Waals surface area contributed by atoms with Crippen molar-refractivity contribution in [3.05, 3.63) is 18.2 Å². The molecule has 1 rings (SSSR count). The highest BCUT2D eigenvalue weighted by Crippen LogP contribution is 2.33. The largest absolute Gasteiger partial charge is 0.493 e. The Balaban J connectivity index is 2.72. The second-order valence-electron chi connectivity index (χ2n) is 9.04. The van der Waals surface area contributed by atoms with Crippen LogP contribution in [0.3, 0.4) is 0 Å². The van der Waals surface area contributed by atoms with Crippen LogP contribution in [0.2, 0.25) is 0 Å². The van der Waals surface area contributed by atoms with E-state index < -0.39 is 0 Å². The van der Waals surface area contributed by atoms with E-state index in [1.807, 2.05) is 0 Å². The molecular weight excluding hydrogens is 392 g/mol. The Hall–Kier alpha value is -2.04. The van der Waals surface area contributed by atoms with Crippen molar-refractivity contribution in [1.82, 2.24) is 0 Å². The molecule has 0 aromatic heterocycles. The summed E-state index contributed by atoms with van der Waals surface area (Å²) < 4.78 is 16.9. The number of unbranched alkanes of at least 4 members (excludes halogenated alkanes) is 5. The quantitative estimate of drug-likeness (QED) is 0.158. The first kappa shape index (κ1) is 27.0. The molecule has 1 aromatic rings. The van der Waals surface area contributed by atoms with E-state index in [4.69, 9.17) is 14.2 Å². The van der Waals surface area contributed by atoms with Crippen LogP contribution in [0, 0.1) is 11.8 Å². The van der Waals surface area contributed by atoms with Gasteiger partial charge in [-0.25, -0.2) is 0 Å². The van der Waals surface area contributed by atoms with Gasteiger partial charge in [-0.2, -0.15) is 0 Å². The molecule has 0 saturated heterocycles. The number of carbonyl (C=O) groups is 2. The number of rotatable bonds is 16. The van der Waals surface area contributed by atoms with E-state index in [1.54, 1.807) is 18.2 Å². The highest BCUT2D eigenvalue weighted by Gasteiger charge is 2.16. The highest BCUT2D eigenvalue weighted by molar-refractivity contribution is 5.76. The van der Waals surface area contributed by atoms with Gasteiger partial charge in [0, 0.05) is 18.9 Å². The average Bonchev–Trinajstić information content (AvgIpc) is 2.71. The number of esters is 2. The van der Waals surface area contributed by atoms with Crippen molar-refractivity contribution in [2.75, 3.05) is 6.61 Å². The lowest BCUT2D eigenvalue weighted by Gasteiger charge is -2.14. The molecule has 0 saturated carbocycles. The molecule has 0 heterocycles. The first-order valence-electron chi connectivity index (χ1n) is 12.0. The highest BCUT2D eigenvalue weighted by atomic mass is 16.6. The summed E-state index contributed by atoms with van der Waals surface area (Å²) in [5.74, 6) is 1.29. The minimum Gasteiger partial charge on any atom is -0.493 e. The Kier molecular flexibility index (Phi) is 13.7. The maximum atomic E-state index is 12.3.